The first-order valence-corrected chi connectivity index (χ1v) is 4.09. The Hall–Kier alpha value is -0.670. The number of hydrogen-bond donors (Lipinski definition) is 0. The number of carbonyl (C=O) groups excluding carboxylic acids is 1. The van der Waals surface area contributed by atoms with Gasteiger partial charge in [0.05, 0.1) is 5.92 Å². The van der Waals surface area contributed by atoms with Crippen molar-refractivity contribution in [3.63, 3.8) is 0 Å². The molecule has 1 amide bonds. The monoisotopic (exact) mass is 177 g/mol. The maximum Gasteiger partial charge on any atom is 0.244 e. The molecular formula is C8H13F2NO. The van der Waals surface area contributed by atoms with Gasteiger partial charge in [-0.25, -0.2) is 8.78 Å². The lowest BCUT2D eigenvalue weighted by atomic mass is 9.99. The molecule has 0 aliphatic carbocycles. The predicted octanol–water partition coefficient (Wildman–Crippen LogP) is 1.37. The number of likely N-dealkylation sites (tertiary alicyclic amines) is 1. The second-order valence-electron chi connectivity index (χ2n) is 3.49. The molecule has 70 valence electrons. The molecule has 0 N–H and O–H groups in total. The van der Waals surface area contributed by atoms with Gasteiger partial charge in [0.2, 0.25) is 12.3 Å². The molecule has 4 heteroatoms. The van der Waals surface area contributed by atoms with Crippen molar-refractivity contribution in [2.45, 2.75) is 20.3 Å². The molecule has 1 saturated heterocycles. The van der Waals surface area contributed by atoms with Gasteiger partial charge in [-0.3, -0.25) is 4.79 Å². The van der Waals surface area contributed by atoms with Crippen molar-refractivity contribution in [3.8, 4) is 0 Å². The maximum atomic E-state index is 12.0. The zero-order chi connectivity index (χ0) is 9.30. The van der Waals surface area contributed by atoms with Crippen molar-refractivity contribution in [1.82, 2.24) is 4.90 Å². The molecule has 0 spiro atoms. The molecule has 0 radical (unpaired) electrons. The third kappa shape index (κ3) is 1.73. The number of hydrogen-bond acceptors (Lipinski definition) is 1. The highest BCUT2D eigenvalue weighted by atomic mass is 19.3. The minimum absolute atomic E-state index is 0.0214. The highest BCUT2D eigenvalue weighted by Gasteiger charge is 2.37. The van der Waals surface area contributed by atoms with E-state index in [1.165, 1.54) is 4.90 Å². The van der Waals surface area contributed by atoms with Gasteiger partial charge in [-0.2, -0.15) is 0 Å². The van der Waals surface area contributed by atoms with Gasteiger partial charge in [0.25, 0.3) is 0 Å². The van der Waals surface area contributed by atoms with Crippen molar-refractivity contribution in [2.75, 3.05) is 13.1 Å². The minimum atomic E-state index is -2.28. The van der Waals surface area contributed by atoms with Crippen LogP contribution in [0.5, 0.6) is 0 Å². The smallest absolute Gasteiger partial charge is 0.244 e. The molecule has 0 bridgehead atoms. The molecule has 2 nitrogen and oxygen atoms in total. The molecule has 0 atom stereocenters. The number of alkyl halides is 2. The largest absolute Gasteiger partial charge is 0.341 e. The summed E-state index contributed by atoms with van der Waals surface area (Å²) in [4.78, 5) is 12.7. The number of rotatable bonds is 2. The molecule has 0 unspecified atom stereocenters. The molecular weight excluding hydrogens is 164 g/mol. The first-order chi connectivity index (χ1) is 5.52. The standard InChI is InChI=1S/C8H13F2NO/c1-5(2)8(12)11-3-6(4-11)7(9)10/h5-7H,3-4H2,1-2H3. The Morgan fingerprint density at radius 3 is 2.25 bits per heavy atom. The first-order valence-electron chi connectivity index (χ1n) is 4.09. The Morgan fingerprint density at radius 1 is 1.42 bits per heavy atom. The molecule has 0 aromatic rings. The van der Waals surface area contributed by atoms with E-state index in [9.17, 15) is 13.6 Å². The van der Waals surface area contributed by atoms with Crippen LogP contribution in [0, 0.1) is 11.8 Å². The lowest BCUT2D eigenvalue weighted by molar-refractivity contribution is -0.145. The van der Waals surface area contributed by atoms with Gasteiger partial charge in [0.15, 0.2) is 0 Å². The van der Waals surface area contributed by atoms with Crippen LogP contribution in [0.4, 0.5) is 8.78 Å². The molecule has 1 heterocycles. The zero-order valence-corrected chi connectivity index (χ0v) is 7.26. The normalized spacial score (nSPS) is 18.7. The van der Waals surface area contributed by atoms with E-state index in [1.54, 1.807) is 13.8 Å². The molecule has 12 heavy (non-hydrogen) atoms. The van der Waals surface area contributed by atoms with Gasteiger partial charge in [0.1, 0.15) is 0 Å². The summed E-state index contributed by atoms with van der Waals surface area (Å²) in [7, 11) is 0. The van der Waals surface area contributed by atoms with Crippen LogP contribution >= 0.6 is 0 Å². The van der Waals surface area contributed by atoms with Gasteiger partial charge >= 0.3 is 0 Å². The average molecular weight is 177 g/mol. The fraction of sp³-hybridized carbons (Fsp3) is 0.875. The van der Waals surface area contributed by atoms with E-state index in [1.807, 2.05) is 0 Å². The summed E-state index contributed by atoms with van der Waals surface area (Å²) in [5.41, 5.74) is 0. The van der Waals surface area contributed by atoms with Crippen LogP contribution in [-0.2, 0) is 4.79 Å². The Morgan fingerprint density at radius 2 is 1.92 bits per heavy atom. The second-order valence-corrected chi connectivity index (χ2v) is 3.49. The predicted molar refractivity (Wildman–Crippen MR) is 40.9 cm³/mol. The fourth-order valence-corrected chi connectivity index (χ4v) is 1.22. The number of amides is 1. The second kappa shape index (κ2) is 3.37. The van der Waals surface area contributed by atoms with Crippen molar-refractivity contribution in [3.05, 3.63) is 0 Å². The Balaban J connectivity index is 2.30. The van der Waals surface area contributed by atoms with E-state index in [-0.39, 0.29) is 24.9 Å². The minimum Gasteiger partial charge on any atom is -0.341 e. The van der Waals surface area contributed by atoms with Gasteiger partial charge in [0, 0.05) is 19.0 Å². The van der Waals surface area contributed by atoms with Crippen LogP contribution in [0.1, 0.15) is 13.8 Å². The van der Waals surface area contributed by atoms with Crippen molar-refractivity contribution in [1.29, 1.82) is 0 Å². The van der Waals surface area contributed by atoms with Gasteiger partial charge in [-0.1, -0.05) is 13.8 Å². The van der Waals surface area contributed by atoms with Crippen molar-refractivity contribution >= 4 is 5.91 Å². The average Bonchev–Trinajstić information content (AvgIpc) is 1.82. The summed E-state index contributed by atoms with van der Waals surface area (Å²) in [6, 6.07) is 0. The van der Waals surface area contributed by atoms with E-state index >= 15 is 0 Å². The van der Waals surface area contributed by atoms with Crippen LogP contribution < -0.4 is 0 Å². The molecule has 0 aromatic carbocycles. The van der Waals surface area contributed by atoms with Crippen molar-refractivity contribution in [2.24, 2.45) is 11.8 Å². The third-order valence-electron chi connectivity index (χ3n) is 2.07. The van der Waals surface area contributed by atoms with Gasteiger partial charge in [-0.05, 0) is 0 Å². The third-order valence-corrected chi connectivity index (χ3v) is 2.07. The van der Waals surface area contributed by atoms with Crippen LogP contribution in [0.25, 0.3) is 0 Å². The van der Waals surface area contributed by atoms with Crippen molar-refractivity contribution < 1.29 is 13.6 Å². The molecule has 0 saturated carbocycles. The SMILES string of the molecule is CC(C)C(=O)N1CC(C(F)F)C1. The summed E-state index contributed by atoms with van der Waals surface area (Å²) >= 11 is 0. The molecule has 1 fully saturated rings. The number of halogens is 2. The highest BCUT2D eigenvalue weighted by molar-refractivity contribution is 5.78. The zero-order valence-electron chi connectivity index (χ0n) is 7.26. The number of nitrogens with zero attached hydrogens (tertiary/aromatic N) is 1. The van der Waals surface area contributed by atoms with E-state index in [2.05, 4.69) is 0 Å². The quantitative estimate of drug-likeness (QED) is 0.623. The first kappa shape index (κ1) is 9.42. The van der Waals surface area contributed by atoms with E-state index in [4.69, 9.17) is 0 Å². The molecule has 1 rings (SSSR count). The highest BCUT2D eigenvalue weighted by Crippen LogP contribution is 2.23. The lowest BCUT2D eigenvalue weighted by Crippen LogP contribution is -2.53. The Bertz CT molecular complexity index is 176. The summed E-state index contributed by atoms with van der Waals surface area (Å²) in [6.07, 6.45) is -2.28. The maximum absolute atomic E-state index is 12.0. The van der Waals surface area contributed by atoms with E-state index < -0.39 is 12.3 Å². The lowest BCUT2D eigenvalue weighted by Gasteiger charge is -2.39. The Labute approximate surface area is 70.5 Å². The van der Waals surface area contributed by atoms with Crippen LogP contribution in [0.3, 0.4) is 0 Å². The fourth-order valence-electron chi connectivity index (χ4n) is 1.22. The molecule has 1 aliphatic heterocycles. The molecule has 1 aliphatic rings. The summed E-state index contributed by atoms with van der Waals surface area (Å²) < 4.78 is 24.0. The van der Waals surface area contributed by atoms with Gasteiger partial charge < -0.3 is 4.90 Å². The summed E-state index contributed by atoms with van der Waals surface area (Å²) in [5, 5.41) is 0. The van der Waals surface area contributed by atoms with Crippen LogP contribution in [-0.4, -0.2) is 30.3 Å². The van der Waals surface area contributed by atoms with Crippen LogP contribution in [0.15, 0.2) is 0 Å². The number of carbonyl (C=O) groups is 1. The summed E-state index contributed by atoms with van der Waals surface area (Å²) in [6.45, 7) is 4.01. The van der Waals surface area contributed by atoms with E-state index in [0.717, 1.165) is 0 Å². The van der Waals surface area contributed by atoms with E-state index in [0.29, 0.717) is 0 Å². The summed E-state index contributed by atoms with van der Waals surface area (Å²) in [5.74, 6) is -0.691. The topological polar surface area (TPSA) is 20.3 Å². The van der Waals surface area contributed by atoms with Crippen LogP contribution in [0.2, 0.25) is 0 Å². The molecule has 0 aromatic heterocycles. The Kier molecular flexibility index (Phi) is 2.65. The van der Waals surface area contributed by atoms with Gasteiger partial charge in [-0.15, -0.1) is 0 Å².